The number of anilines is 1. The quantitative estimate of drug-likeness (QED) is 0.664. The van der Waals surface area contributed by atoms with E-state index in [1.165, 1.54) is 6.07 Å². The largest absolute Gasteiger partial charge is 0.324 e. The number of rotatable bonds is 3. The van der Waals surface area contributed by atoms with E-state index in [0.29, 0.717) is 11.3 Å². The molecule has 116 valence electrons. The van der Waals surface area contributed by atoms with Crippen LogP contribution in [0.15, 0.2) is 18.2 Å². The minimum atomic E-state index is -0.599. The first-order valence-corrected chi connectivity index (χ1v) is 6.74. The zero-order valence-electron chi connectivity index (χ0n) is 12.1. The Morgan fingerprint density at radius 2 is 2.14 bits per heavy atom. The fourth-order valence-corrected chi connectivity index (χ4v) is 2.40. The van der Waals surface area contributed by atoms with Gasteiger partial charge in [0.05, 0.1) is 10.5 Å². The van der Waals surface area contributed by atoms with Gasteiger partial charge in [0.1, 0.15) is 0 Å². The lowest BCUT2D eigenvalue weighted by molar-refractivity contribution is -0.385. The first kappa shape index (κ1) is 17.4. The van der Waals surface area contributed by atoms with Gasteiger partial charge in [-0.25, -0.2) is 0 Å². The fourth-order valence-electron chi connectivity index (χ4n) is 2.40. The van der Waals surface area contributed by atoms with Crippen LogP contribution >= 0.6 is 12.4 Å². The Morgan fingerprint density at radius 1 is 1.43 bits per heavy atom. The van der Waals surface area contributed by atoms with Crippen LogP contribution in [0.25, 0.3) is 0 Å². The van der Waals surface area contributed by atoms with Crippen LogP contribution in [0.1, 0.15) is 31.7 Å². The van der Waals surface area contributed by atoms with Crippen LogP contribution in [0.3, 0.4) is 0 Å². The third-order valence-electron chi connectivity index (χ3n) is 3.78. The van der Waals surface area contributed by atoms with Gasteiger partial charge < -0.3 is 10.6 Å². The van der Waals surface area contributed by atoms with E-state index in [0.717, 1.165) is 25.8 Å². The lowest BCUT2D eigenvalue weighted by Crippen LogP contribution is -2.54. The second kappa shape index (κ2) is 6.87. The molecule has 2 rings (SSSR count). The molecule has 1 aromatic rings. The lowest BCUT2D eigenvalue weighted by Gasteiger charge is -2.33. The number of aryl methyl sites for hydroxylation is 1. The number of benzene rings is 1. The first-order chi connectivity index (χ1) is 9.42. The highest BCUT2D eigenvalue weighted by Crippen LogP contribution is 2.25. The van der Waals surface area contributed by atoms with Crippen LogP contribution < -0.4 is 10.6 Å². The molecule has 1 fully saturated rings. The Labute approximate surface area is 129 Å². The molecular weight excluding hydrogens is 294 g/mol. The van der Waals surface area contributed by atoms with E-state index in [9.17, 15) is 14.9 Å². The number of nitro benzene ring substituents is 1. The van der Waals surface area contributed by atoms with Crippen LogP contribution in [0.5, 0.6) is 0 Å². The minimum Gasteiger partial charge on any atom is -0.324 e. The van der Waals surface area contributed by atoms with E-state index in [4.69, 9.17) is 0 Å². The van der Waals surface area contributed by atoms with Crippen molar-refractivity contribution in [1.29, 1.82) is 0 Å². The first-order valence-electron chi connectivity index (χ1n) is 6.74. The summed E-state index contributed by atoms with van der Waals surface area (Å²) >= 11 is 0. The molecule has 1 unspecified atom stereocenters. The summed E-state index contributed by atoms with van der Waals surface area (Å²) in [5.74, 6) is -0.143. The molecule has 1 aromatic carbocycles. The third-order valence-corrected chi connectivity index (χ3v) is 3.78. The molecule has 1 atom stereocenters. The summed E-state index contributed by atoms with van der Waals surface area (Å²) in [6.45, 7) is 4.36. The highest BCUT2D eigenvalue weighted by Gasteiger charge is 2.34. The molecule has 1 aliphatic heterocycles. The van der Waals surface area contributed by atoms with Gasteiger partial charge in [-0.1, -0.05) is 6.07 Å². The third kappa shape index (κ3) is 3.92. The highest BCUT2D eigenvalue weighted by molar-refractivity contribution is 5.98. The van der Waals surface area contributed by atoms with Crippen molar-refractivity contribution in [3.05, 3.63) is 33.9 Å². The Hall–Kier alpha value is -1.66. The normalized spacial score (nSPS) is 21.2. The van der Waals surface area contributed by atoms with E-state index < -0.39 is 10.5 Å². The zero-order chi connectivity index (χ0) is 14.8. The Bertz CT molecular complexity index is 542. The van der Waals surface area contributed by atoms with E-state index >= 15 is 0 Å². The van der Waals surface area contributed by atoms with Crippen molar-refractivity contribution in [1.82, 2.24) is 5.32 Å². The highest BCUT2D eigenvalue weighted by atomic mass is 35.5. The molecule has 0 aromatic heterocycles. The smallest absolute Gasteiger partial charge is 0.274 e. The maximum Gasteiger partial charge on any atom is 0.274 e. The second-order valence-corrected chi connectivity index (χ2v) is 5.43. The molecule has 0 bridgehead atoms. The van der Waals surface area contributed by atoms with Gasteiger partial charge in [-0.15, -0.1) is 12.4 Å². The van der Waals surface area contributed by atoms with E-state index in [1.54, 1.807) is 19.1 Å². The van der Waals surface area contributed by atoms with Crippen molar-refractivity contribution in [2.45, 2.75) is 38.6 Å². The van der Waals surface area contributed by atoms with Crippen molar-refractivity contribution in [2.75, 3.05) is 11.9 Å². The van der Waals surface area contributed by atoms with Crippen LogP contribution in [0, 0.1) is 17.0 Å². The Kier molecular flexibility index (Phi) is 5.69. The summed E-state index contributed by atoms with van der Waals surface area (Å²) in [5.41, 5.74) is 0.457. The van der Waals surface area contributed by atoms with Crippen LogP contribution in [-0.2, 0) is 4.79 Å². The van der Waals surface area contributed by atoms with Crippen LogP contribution in [-0.4, -0.2) is 22.9 Å². The standard InChI is InChI=1S/C14H19N3O3.ClH/c1-10-5-6-11(9-12(10)17(19)20)16-13(18)14(2)7-3-4-8-15-14;/h5-6,9,15H,3-4,7-8H2,1-2H3,(H,16,18);1H. The number of hydrogen-bond donors (Lipinski definition) is 2. The van der Waals surface area contributed by atoms with Gasteiger partial charge in [-0.2, -0.15) is 0 Å². The van der Waals surface area contributed by atoms with Crippen LogP contribution in [0.2, 0.25) is 0 Å². The average molecular weight is 314 g/mol. The number of hydrogen-bond acceptors (Lipinski definition) is 4. The topological polar surface area (TPSA) is 84.3 Å². The van der Waals surface area contributed by atoms with Gasteiger partial charge in [0, 0.05) is 17.3 Å². The van der Waals surface area contributed by atoms with Gasteiger partial charge in [0.25, 0.3) is 5.69 Å². The summed E-state index contributed by atoms with van der Waals surface area (Å²) < 4.78 is 0. The maximum absolute atomic E-state index is 12.3. The molecule has 7 heteroatoms. The molecule has 1 saturated heterocycles. The monoisotopic (exact) mass is 313 g/mol. The van der Waals surface area contributed by atoms with Crippen molar-refractivity contribution in [3.8, 4) is 0 Å². The summed E-state index contributed by atoms with van der Waals surface area (Å²) in [7, 11) is 0. The number of nitro groups is 1. The average Bonchev–Trinajstić information content (AvgIpc) is 2.41. The number of nitrogens with zero attached hydrogens (tertiary/aromatic N) is 1. The number of carbonyl (C=O) groups is 1. The molecule has 1 aliphatic rings. The maximum atomic E-state index is 12.3. The molecule has 0 spiro atoms. The van der Waals surface area contributed by atoms with E-state index in [1.807, 2.05) is 6.92 Å². The van der Waals surface area contributed by atoms with Crippen molar-refractivity contribution < 1.29 is 9.72 Å². The molecule has 2 N–H and O–H groups in total. The number of carbonyl (C=O) groups excluding carboxylic acids is 1. The lowest BCUT2D eigenvalue weighted by atomic mass is 9.90. The fraction of sp³-hybridized carbons (Fsp3) is 0.500. The molecule has 1 heterocycles. The van der Waals surface area contributed by atoms with Gasteiger partial charge >= 0.3 is 0 Å². The van der Waals surface area contributed by atoms with Crippen molar-refractivity contribution in [3.63, 3.8) is 0 Å². The molecule has 21 heavy (non-hydrogen) atoms. The van der Waals surface area contributed by atoms with Crippen molar-refractivity contribution >= 4 is 29.7 Å². The second-order valence-electron chi connectivity index (χ2n) is 5.43. The van der Waals surface area contributed by atoms with Gasteiger partial charge in [0.2, 0.25) is 5.91 Å². The Balaban J connectivity index is 0.00000220. The number of halogens is 1. The SMILES string of the molecule is Cc1ccc(NC(=O)C2(C)CCCCN2)cc1[N+](=O)[O-].Cl. The summed E-state index contributed by atoms with van der Waals surface area (Å²) in [6.07, 6.45) is 2.84. The van der Waals surface area contributed by atoms with Gasteiger partial charge in [0.15, 0.2) is 0 Å². The number of piperidine rings is 1. The van der Waals surface area contributed by atoms with E-state index in [2.05, 4.69) is 10.6 Å². The Morgan fingerprint density at radius 3 is 2.71 bits per heavy atom. The molecule has 1 amide bonds. The molecule has 0 radical (unpaired) electrons. The minimum absolute atomic E-state index is 0. The van der Waals surface area contributed by atoms with Crippen LogP contribution in [0.4, 0.5) is 11.4 Å². The number of amides is 1. The summed E-state index contributed by atoms with van der Waals surface area (Å²) in [4.78, 5) is 22.8. The summed E-state index contributed by atoms with van der Waals surface area (Å²) in [5, 5.41) is 16.9. The van der Waals surface area contributed by atoms with Gasteiger partial charge in [-0.05, 0) is 45.7 Å². The molecule has 0 saturated carbocycles. The van der Waals surface area contributed by atoms with E-state index in [-0.39, 0.29) is 24.0 Å². The summed E-state index contributed by atoms with van der Waals surface area (Å²) in [6, 6.07) is 4.73. The van der Waals surface area contributed by atoms with Gasteiger partial charge in [-0.3, -0.25) is 14.9 Å². The predicted molar refractivity (Wildman–Crippen MR) is 84.0 cm³/mol. The zero-order valence-corrected chi connectivity index (χ0v) is 13.0. The van der Waals surface area contributed by atoms with Crippen molar-refractivity contribution in [2.24, 2.45) is 0 Å². The molecule has 6 nitrogen and oxygen atoms in total. The predicted octanol–water partition coefficient (Wildman–Crippen LogP) is 2.80. The molecule has 0 aliphatic carbocycles. The number of nitrogens with one attached hydrogen (secondary N) is 2. The molecular formula is C14H20ClN3O3.